The zero-order chi connectivity index (χ0) is 28.3. The van der Waals surface area contributed by atoms with E-state index in [0.717, 1.165) is 10.5 Å². The fraction of sp³-hybridized carbons (Fsp3) is 0.308. The van der Waals surface area contributed by atoms with Crippen LogP contribution in [0.2, 0.25) is 0 Å². The van der Waals surface area contributed by atoms with Crippen LogP contribution < -0.4 is 0 Å². The van der Waals surface area contributed by atoms with Crippen molar-refractivity contribution in [3.05, 3.63) is 88.1 Å². The van der Waals surface area contributed by atoms with Gasteiger partial charge in [-0.25, -0.2) is 0 Å². The number of nitrogens with zero attached hydrogens (tertiary/aromatic N) is 2. The lowest BCUT2D eigenvalue weighted by Gasteiger charge is -2.33. The van der Waals surface area contributed by atoms with E-state index < -0.39 is 40.4 Å². The fourth-order valence-electron chi connectivity index (χ4n) is 3.81. The first-order chi connectivity index (χ1) is 16.9. The molecule has 11 heteroatoms. The van der Waals surface area contributed by atoms with Gasteiger partial charge in [0.25, 0.3) is 0 Å². The molecule has 0 fully saturated rings. The van der Waals surface area contributed by atoms with Gasteiger partial charge in [0.05, 0.1) is 16.5 Å². The van der Waals surface area contributed by atoms with Crippen molar-refractivity contribution in [1.82, 2.24) is 4.90 Å². The first kappa shape index (κ1) is 30.0. The Morgan fingerprint density at radius 2 is 1.46 bits per heavy atom. The summed E-state index contributed by atoms with van der Waals surface area (Å²) in [5, 5.41) is 11.7. The van der Waals surface area contributed by atoms with E-state index in [9.17, 15) is 31.1 Å². The molecule has 2 aromatic carbocycles. The van der Waals surface area contributed by atoms with Crippen molar-refractivity contribution in [2.75, 3.05) is 7.05 Å². The van der Waals surface area contributed by atoms with Gasteiger partial charge in [0.15, 0.2) is 5.17 Å². The minimum atomic E-state index is -5.06. The number of allylic oxidation sites excluding steroid dienone is 3. The van der Waals surface area contributed by atoms with Gasteiger partial charge in [-0.05, 0) is 68.7 Å². The third kappa shape index (κ3) is 6.74. The molecule has 0 aliphatic rings. The normalized spacial score (nSPS) is 14.1. The summed E-state index contributed by atoms with van der Waals surface area (Å²) in [6.07, 6.45) is -7.30. The van der Waals surface area contributed by atoms with Crippen LogP contribution in [0.5, 0.6) is 0 Å². The Kier molecular flexibility index (Phi) is 8.91. The number of halogens is 7. The molecule has 0 radical (unpaired) electrons. The molecule has 0 aromatic heterocycles. The predicted octanol–water partition coefficient (Wildman–Crippen LogP) is 7.78. The summed E-state index contributed by atoms with van der Waals surface area (Å²) in [5.74, 6) is -0.787. The third-order valence-corrected chi connectivity index (χ3v) is 6.04. The summed E-state index contributed by atoms with van der Waals surface area (Å²) >= 11 is 5.93. The van der Waals surface area contributed by atoms with E-state index in [2.05, 4.69) is 5.16 Å². The Labute approximate surface area is 215 Å². The largest absolute Gasteiger partial charge is 0.416 e. The number of likely N-dealkylation sites (N-methyl/N-ethyl adjacent to an activating group) is 1. The number of rotatable bonds is 6. The topological polar surface area (TPSA) is 52.9 Å². The van der Waals surface area contributed by atoms with E-state index in [1.807, 2.05) is 0 Å². The van der Waals surface area contributed by atoms with Gasteiger partial charge in [-0.2, -0.15) is 26.3 Å². The molecule has 0 saturated carbocycles. The Bertz CT molecular complexity index is 1230. The van der Waals surface area contributed by atoms with Gasteiger partial charge in [-0.15, -0.1) is 0 Å². The predicted molar refractivity (Wildman–Crippen MR) is 130 cm³/mol. The number of alkyl halides is 6. The van der Waals surface area contributed by atoms with E-state index in [0.29, 0.717) is 23.3 Å². The number of benzene rings is 2. The summed E-state index contributed by atoms with van der Waals surface area (Å²) in [6, 6.07) is 8.11. The van der Waals surface area contributed by atoms with Crippen LogP contribution >= 0.6 is 11.6 Å². The highest BCUT2D eigenvalue weighted by Crippen LogP contribution is 2.40. The van der Waals surface area contributed by atoms with Crippen LogP contribution in [0, 0.1) is 6.92 Å². The number of amides is 1. The molecule has 4 nitrogen and oxygen atoms in total. The fourth-order valence-corrected chi connectivity index (χ4v) is 3.92. The molecule has 2 aromatic rings. The molecule has 0 spiro atoms. The Morgan fingerprint density at radius 1 is 0.973 bits per heavy atom. The van der Waals surface area contributed by atoms with Gasteiger partial charge in [0.2, 0.25) is 5.91 Å². The van der Waals surface area contributed by atoms with E-state index in [1.165, 1.54) is 33.0 Å². The smallest absolute Gasteiger partial charge is 0.410 e. The molecule has 200 valence electrons. The lowest BCUT2D eigenvalue weighted by molar-refractivity contribution is -0.143. The first-order valence-corrected chi connectivity index (χ1v) is 11.2. The van der Waals surface area contributed by atoms with Crippen LogP contribution in [-0.2, 0) is 22.6 Å². The summed E-state index contributed by atoms with van der Waals surface area (Å²) in [5.41, 5.74) is -3.35. The molecule has 0 saturated heterocycles. The van der Waals surface area contributed by atoms with Crippen molar-refractivity contribution in [2.45, 2.75) is 45.5 Å². The molecule has 1 N–H and O–H groups in total. The second-order valence-corrected chi connectivity index (χ2v) is 9.14. The van der Waals surface area contributed by atoms with Crippen molar-refractivity contribution >= 4 is 28.3 Å². The molecule has 37 heavy (non-hydrogen) atoms. The van der Waals surface area contributed by atoms with Crippen LogP contribution in [0.1, 0.15) is 48.6 Å². The number of hydrogen-bond acceptors (Lipinski definition) is 3. The molecule has 1 amide bonds. The van der Waals surface area contributed by atoms with E-state index in [4.69, 9.17) is 16.8 Å². The van der Waals surface area contributed by atoms with Gasteiger partial charge in [0, 0.05) is 18.3 Å². The maximum atomic E-state index is 13.6. The summed E-state index contributed by atoms with van der Waals surface area (Å²) in [7, 11) is 1.34. The van der Waals surface area contributed by atoms with Gasteiger partial charge in [-0.1, -0.05) is 47.1 Å². The molecule has 0 heterocycles. The van der Waals surface area contributed by atoms with Gasteiger partial charge in [-0.3, -0.25) is 4.79 Å². The molecular formula is C26H25ClF6N2O2. The van der Waals surface area contributed by atoms with Gasteiger partial charge >= 0.3 is 12.4 Å². The molecule has 0 unspecified atom stereocenters. The first-order valence-electron chi connectivity index (χ1n) is 10.8. The minimum Gasteiger partial charge on any atom is -0.410 e. The number of carbonyl (C=O) groups is 1. The van der Waals surface area contributed by atoms with Crippen LogP contribution in [0.3, 0.4) is 0 Å². The average molecular weight is 547 g/mol. The van der Waals surface area contributed by atoms with Crippen LogP contribution in [0.4, 0.5) is 26.3 Å². The van der Waals surface area contributed by atoms with Crippen molar-refractivity contribution in [3.8, 4) is 0 Å². The highest BCUT2D eigenvalue weighted by atomic mass is 35.5. The summed E-state index contributed by atoms with van der Waals surface area (Å²) in [4.78, 5) is 14.8. The molecule has 0 aliphatic carbocycles. The quantitative estimate of drug-likeness (QED) is 0.132. The third-order valence-electron chi connectivity index (χ3n) is 5.85. The zero-order valence-electron chi connectivity index (χ0n) is 20.6. The van der Waals surface area contributed by atoms with Crippen molar-refractivity contribution in [2.24, 2.45) is 5.16 Å². The van der Waals surface area contributed by atoms with Crippen molar-refractivity contribution in [3.63, 3.8) is 0 Å². The number of aryl methyl sites for hydroxylation is 1. The zero-order valence-corrected chi connectivity index (χ0v) is 21.3. The summed E-state index contributed by atoms with van der Waals surface area (Å²) in [6.45, 7) is 5.86. The number of hydrogen-bond donors (Lipinski definition) is 1. The molecule has 0 atom stereocenters. The standard InChI is InChI=1S/C26H25ClF6N2O2/c1-6-21(20(14-22(27)34-37)19-10-8-7-9-15(19)2)35(5)23(36)24(3,4)16-11-17(25(28,29)30)13-18(12-16)26(31,32)33/h6-14,37H,1-5H3/b20-14-,21-6+,34-22-. The highest BCUT2D eigenvalue weighted by molar-refractivity contribution is 6.68. The molecular weight excluding hydrogens is 522 g/mol. The highest BCUT2D eigenvalue weighted by Gasteiger charge is 2.41. The molecule has 0 bridgehead atoms. The maximum absolute atomic E-state index is 13.6. The van der Waals surface area contributed by atoms with Crippen LogP contribution in [-0.4, -0.2) is 28.2 Å². The Balaban J connectivity index is 2.67. The lowest BCUT2D eigenvalue weighted by Crippen LogP contribution is -2.41. The summed E-state index contributed by atoms with van der Waals surface area (Å²) < 4.78 is 80.6. The maximum Gasteiger partial charge on any atom is 0.416 e. The molecule has 0 aliphatic heterocycles. The van der Waals surface area contributed by atoms with Gasteiger partial charge in [0.1, 0.15) is 0 Å². The van der Waals surface area contributed by atoms with Crippen LogP contribution in [0.15, 0.2) is 65.5 Å². The minimum absolute atomic E-state index is 0.0143. The second kappa shape index (κ2) is 11.0. The second-order valence-electron chi connectivity index (χ2n) is 8.75. The van der Waals surface area contributed by atoms with E-state index >= 15 is 0 Å². The van der Waals surface area contributed by atoms with Crippen LogP contribution in [0.25, 0.3) is 5.57 Å². The monoisotopic (exact) mass is 546 g/mol. The Morgan fingerprint density at radius 3 is 1.89 bits per heavy atom. The SMILES string of the molecule is C\C=C(/C(=C\C(Cl)=N\O)c1ccccc1C)N(C)C(=O)C(C)(C)c1cc(C(F)(F)F)cc(C(F)(F)F)c1. The number of carbonyl (C=O) groups excluding carboxylic acids is 1. The molecule has 2 rings (SSSR count). The lowest BCUT2D eigenvalue weighted by atomic mass is 9.81. The van der Waals surface area contributed by atoms with Gasteiger partial charge < -0.3 is 10.1 Å². The van der Waals surface area contributed by atoms with Crippen molar-refractivity contribution in [1.29, 1.82) is 0 Å². The van der Waals surface area contributed by atoms with E-state index in [-0.39, 0.29) is 16.9 Å². The number of oxime groups is 1. The van der Waals surface area contributed by atoms with E-state index in [1.54, 1.807) is 38.1 Å². The Hall–Kier alpha value is -3.27. The van der Waals surface area contributed by atoms with Crippen molar-refractivity contribution < 1.29 is 36.3 Å². The average Bonchev–Trinajstić information content (AvgIpc) is 2.82.